The first-order chi connectivity index (χ1) is 9.06. The fourth-order valence-electron chi connectivity index (χ4n) is 1.69. The molecular formula is C13H15ClN4O. The molecule has 1 aromatic heterocycles. The van der Waals surface area contributed by atoms with E-state index in [-0.39, 0.29) is 5.91 Å². The van der Waals surface area contributed by atoms with Crippen LogP contribution in [-0.2, 0) is 6.54 Å². The van der Waals surface area contributed by atoms with Crippen LogP contribution < -0.4 is 11.1 Å². The minimum absolute atomic E-state index is 0.190. The Morgan fingerprint density at radius 1 is 1.53 bits per heavy atom. The van der Waals surface area contributed by atoms with Crippen molar-refractivity contribution in [2.24, 2.45) is 0 Å². The standard InChI is InChI=1S/C13H15ClN4O/c1-9-2-3-11(12(14)6-9)13(19)16-4-5-18-8-10(15)7-17-18/h2-3,6-8H,4-5,15H2,1H3,(H,16,19). The number of nitrogens with two attached hydrogens (primary N) is 1. The fraction of sp³-hybridized carbons (Fsp3) is 0.231. The van der Waals surface area contributed by atoms with Crippen LogP contribution >= 0.6 is 11.6 Å². The molecule has 1 heterocycles. The molecule has 0 aliphatic rings. The summed E-state index contributed by atoms with van der Waals surface area (Å²) in [4.78, 5) is 11.9. The quantitative estimate of drug-likeness (QED) is 0.896. The van der Waals surface area contributed by atoms with Crippen molar-refractivity contribution >= 4 is 23.2 Å². The van der Waals surface area contributed by atoms with Gasteiger partial charge in [0.1, 0.15) is 0 Å². The molecule has 0 fully saturated rings. The highest BCUT2D eigenvalue weighted by Crippen LogP contribution is 2.17. The van der Waals surface area contributed by atoms with Gasteiger partial charge in [-0.15, -0.1) is 0 Å². The van der Waals surface area contributed by atoms with E-state index >= 15 is 0 Å². The van der Waals surface area contributed by atoms with Crippen LogP contribution in [0.25, 0.3) is 0 Å². The first-order valence-corrected chi connectivity index (χ1v) is 6.26. The Morgan fingerprint density at radius 3 is 2.95 bits per heavy atom. The van der Waals surface area contributed by atoms with Crippen LogP contribution in [0.1, 0.15) is 15.9 Å². The zero-order valence-corrected chi connectivity index (χ0v) is 11.3. The van der Waals surface area contributed by atoms with Crippen LogP contribution in [-0.4, -0.2) is 22.2 Å². The van der Waals surface area contributed by atoms with E-state index in [0.29, 0.717) is 29.4 Å². The van der Waals surface area contributed by atoms with Gasteiger partial charge in [0.2, 0.25) is 0 Å². The van der Waals surface area contributed by atoms with Crippen molar-refractivity contribution in [3.05, 3.63) is 46.7 Å². The smallest absolute Gasteiger partial charge is 0.252 e. The number of aromatic nitrogens is 2. The summed E-state index contributed by atoms with van der Waals surface area (Å²) in [5, 5.41) is 7.28. The molecule has 0 unspecified atom stereocenters. The molecule has 0 radical (unpaired) electrons. The molecule has 0 bridgehead atoms. The van der Waals surface area contributed by atoms with Crippen LogP contribution in [0.3, 0.4) is 0 Å². The minimum Gasteiger partial charge on any atom is -0.396 e. The Morgan fingerprint density at radius 2 is 2.32 bits per heavy atom. The third-order valence-corrected chi connectivity index (χ3v) is 2.96. The van der Waals surface area contributed by atoms with Gasteiger partial charge in [0, 0.05) is 12.7 Å². The highest BCUT2D eigenvalue weighted by atomic mass is 35.5. The van der Waals surface area contributed by atoms with Gasteiger partial charge in [-0.3, -0.25) is 9.48 Å². The van der Waals surface area contributed by atoms with E-state index in [9.17, 15) is 4.79 Å². The predicted octanol–water partition coefficient (Wildman–Crippen LogP) is 1.86. The largest absolute Gasteiger partial charge is 0.396 e. The van der Waals surface area contributed by atoms with E-state index < -0.39 is 0 Å². The summed E-state index contributed by atoms with van der Waals surface area (Å²) < 4.78 is 1.67. The summed E-state index contributed by atoms with van der Waals surface area (Å²) in [7, 11) is 0. The van der Waals surface area contributed by atoms with Crippen molar-refractivity contribution in [1.29, 1.82) is 0 Å². The van der Waals surface area contributed by atoms with E-state index in [1.807, 2.05) is 13.0 Å². The van der Waals surface area contributed by atoms with Crippen LogP contribution in [0.2, 0.25) is 5.02 Å². The number of hydrogen-bond donors (Lipinski definition) is 2. The molecule has 5 nitrogen and oxygen atoms in total. The van der Waals surface area contributed by atoms with E-state index in [4.69, 9.17) is 17.3 Å². The molecule has 0 saturated carbocycles. The summed E-state index contributed by atoms with van der Waals surface area (Å²) in [6.07, 6.45) is 3.28. The van der Waals surface area contributed by atoms with E-state index in [2.05, 4.69) is 10.4 Å². The number of hydrogen-bond acceptors (Lipinski definition) is 3. The Bertz CT molecular complexity index is 594. The van der Waals surface area contributed by atoms with Crippen LogP contribution in [0.4, 0.5) is 5.69 Å². The molecule has 2 aromatic rings. The topological polar surface area (TPSA) is 72.9 Å². The molecule has 0 saturated heterocycles. The molecule has 2 rings (SSSR count). The molecule has 1 amide bonds. The monoisotopic (exact) mass is 278 g/mol. The van der Waals surface area contributed by atoms with Crippen molar-refractivity contribution in [1.82, 2.24) is 15.1 Å². The summed E-state index contributed by atoms with van der Waals surface area (Å²) in [5.41, 5.74) is 7.65. The molecule has 0 aliphatic carbocycles. The molecule has 100 valence electrons. The maximum Gasteiger partial charge on any atom is 0.252 e. The maximum absolute atomic E-state index is 11.9. The molecule has 3 N–H and O–H groups in total. The Kier molecular flexibility index (Phi) is 4.06. The van der Waals surface area contributed by atoms with Crippen molar-refractivity contribution < 1.29 is 4.79 Å². The lowest BCUT2D eigenvalue weighted by molar-refractivity contribution is 0.0952. The lowest BCUT2D eigenvalue weighted by Crippen LogP contribution is -2.27. The van der Waals surface area contributed by atoms with Crippen molar-refractivity contribution in [2.75, 3.05) is 12.3 Å². The first kappa shape index (κ1) is 13.4. The van der Waals surface area contributed by atoms with Gasteiger partial charge in [0.15, 0.2) is 0 Å². The minimum atomic E-state index is -0.190. The van der Waals surface area contributed by atoms with Crippen molar-refractivity contribution in [3.8, 4) is 0 Å². The van der Waals surface area contributed by atoms with Crippen molar-refractivity contribution in [3.63, 3.8) is 0 Å². The van der Waals surface area contributed by atoms with Gasteiger partial charge in [-0.05, 0) is 24.6 Å². The Balaban J connectivity index is 1.90. The SMILES string of the molecule is Cc1ccc(C(=O)NCCn2cc(N)cn2)c(Cl)c1. The summed E-state index contributed by atoms with van der Waals surface area (Å²) in [6, 6.07) is 5.35. The number of halogens is 1. The van der Waals surface area contributed by atoms with E-state index in [1.165, 1.54) is 0 Å². The maximum atomic E-state index is 11.9. The number of anilines is 1. The predicted molar refractivity (Wildman–Crippen MR) is 75.2 cm³/mol. The number of benzene rings is 1. The third-order valence-electron chi connectivity index (χ3n) is 2.65. The molecular weight excluding hydrogens is 264 g/mol. The van der Waals surface area contributed by atoms with Crippen LogP contribution in [0.15, 0.2) is 30.6 Å². The van der Waals surface area contributed by atoms with Gasteiger partial charge in [0.05, 0.1) is 29.0 Å². The molecule has 19 heavy (non-hydrogen) atoms. The normalized spacial score (nSPS) is 10.4. The fourth-order valence-corrected chi connectivity index (χ4v) is 2.01. The zero-order valence-electron chi connectivity index (χ0n) is 10.6. The van der Waals surface area contributed by atoms with E-state index in [1.54, 1.807) is 29.2 Å². The zero-order chi connectivity index (χ0) is 13.8. The van der Waals surface area contributed by atoms with Gasteiger partial charge < -0.3 is 11.1 Å². The number of nitrogens with zero attached hydrogens (tertiary/aromatic N) is 2. The number of amides is 1. The van der Waals surface area contributed by atoms with E-state index in [0.717, 1.165) is 5.56 Å². The first-order valence-electron chi connectivity index (χ1n) is 5.88. The molecule has 0 atom stereocenters. The third kappa shape index (κ3) is 3.48. The number of aryl methyl sites for hydroxylation is 1. The number of nitrogens with one attached hydrogen (secondary N) is 1. The van der Waals surface area contributed by atoms with Crippen molar-refractivity contribution in [2.45, 2.75) is 13.5 Å². The summed E-state index contributed by atoms with van der Waals surface area (Å²) in [5.74, 6) is -0.190. The molecule has 0 spiro atoms. The lowest BCUT2D eigenvalue weighted by atomic mass is 10.1. The average Bonchev–Trinajstić information content (AvgIpc) is 2.75. The van der Waals surface area contributed by atoms with Gasteiger partial charge in [-0.2, -0.15) is 5.10 Å². The Hall–Kier alpha value is -2.01. The van der Waals surface area contributed by atoms with Gasteiger partial charge in [-0.1, -0.05) is 17.7 Å². The number of carbonyl (C=O) groups is 1. The second kappa shape index (κ2) is 5.75. The van der Waals surface area contributed by atoms with Crippen LogP contribution in [0.5, 0.6) is 0 Å². The number of rotatable bonds is 4. The summed E-state index contributed by atoms with van der Waals surface area (Å²) in [6.45, 7) is 2.95. The second-order valence-electron chi connectivity index (χ2n) is 4.28. The summed E-state index contributed by atoms with van der Waals surface area (Å²) >= 11 is 6.03. The van der Waals surface area contributed by atoms with Crippen LogP contribution in [0, 0.1) is 6.92 Å². The molecule has 6 heteroatoms. The second-order valence-corrected chi connectivity index (χ2v) is 4.68. The Labute approximate surface area is 116 Å². The lowest BCUT2D eigenvalue weighted by Gasteiger charge is -2.07. The number of carbonyl (C=O) groups excluding carboxylic acids is 1. The highest BCUT2D eigenvalue weighted by Gasteiger charge is 2.09. The highest BCUT2D eigenvalue weighted by molar-refractivity contribution is 6.33. The molecule has 1 aromatic carbocycles. The van der Waals surface area contributed by atoms with Gasteiger partial charge in [0.25, 0.3) is 5.91 Å². The molecule has 0 aliphatic heterocycles. The van der Waals surface area contributed by atoms with Gasteiger partial charge in [-0.25, -0.2) is 0 Å². The van der Waals surface area contributed by atoms with Gasteiger partial charge >= 0.3 is 0 Å². The average molecular weight is 279 g/mol. The number of nitrogen functional groups attached to an aromatic ring is 1.